The highest BCUT2D eigenvalue weighted by molar-refractivity contribution is 6.30. The summed E-state index contributed by atoms with van der Waals surface area (Å²) in [7, 11) is 0. The van der Waals surface area contributed by atoms with Gasteiger partial charge in [-0.1, -0.05) is 30.7 Å². The molecular formula is C16H25ClN2. The summed E-state index contributed by atoms with van der Waals surface area (Å²) < 4.78 is 0. The van der Waals surface area contributed by atoms with Crippen LogP contribution >= 0.6 is 11.6 Å². The van der Waals surface area contributed by atoms with Crippen LogP contribution in [0.1, 0.15) is 32.3 Å². The Morgan fingerprint density at radius 1 is 1.32 bits per heavy atom. The number of hydrogen-bond donors (Lipinski definition) is 1. The summed E-state index contributed by atoms with van der Waals surface area (Å²) in [5.74, 6) is 0.899. The first kappa shape index (κ1) is 14.8. The molecule has 1 unspecified atom stereocenters. The first-order valence-corrected chi connectivity index (χ1v) is 7.65. The molecule has 0 aliphatic heterocycles. The molecule has 1 aromatic carbocycles. The third kappa shape index (κ3) is 3.95. The van der Waals surface area contributed by atoms with Gasteiger partial charge >= 0.3 is 0 Å². The van der Waals surface area contributed by atoms with Crippen LogP contribution in [0, 0.1) is 5.92 Å². The van der Waals surface area contributed by atoms with E-state index in [-0.39, 0.29) is 5.54 Å². The normalized spacial score (nSPS) is 18.6. The predicted octanol–water partition coefficient (Wildman–Crippen LogP) is 3.33. The third-order valence-corrected chi connectivity index (χ3v) is 4.51. The number of nitrogens with zero attached hydrogens (tertiary/aromatic N) is 1. The average Bonchev–Trinajstić information content (AvgIpc) is 3.22. The van der Waals surface area contributed by atoms with Crippen molar-refractivity contribution in [1.82, 2.24) is 4.90 Å². The minimum atomic E-state index is 0.0468. The standard InChI is InChI=1S/C16H25ClN2/c1-3-19(11-14-4-5-14)16(2,12-18)10-13-6-8-15(17)9-7-13/h6-9,14H,3-5,10-12,18H2,1-2H3. The first-order chi connectivity index (χ1) is 9.07. The van der Waals surface area contributed by atoms with Gasteiger partial charge in [0.05, 0.1) is 0 Å². The third-order valence-electron chi connectivity index (χ3n) is 4.26. The van der Waals surface area contributed by atoms with Crippen molar-refractivity contribution < 1.29 is 0 Å². The number of hydrogen-bond acceptors (Lipinski definition) is 2. The van der Waals surface area contributed by atoms with Gasteiger partial charge in [0.1, 0.15) is 0 Å². The molecule has 1 saturated carbocycles. The van der Waals surface area contributed by atoms with E-state index >= 15 is 0 Å². The van der Waals surface area contributed by atoms with Gasteiger partial charge in [-0.05, 0) is 56.3 Å². The smallest absolute Gasteiger partial charge is 0.0406 e. The van der Waals surface area contributed by atoms with Crippen LogP contribution in [0.4, 0.5) is 0 Å². The van der Waals surface area contributed by atoms with Crippen LogP contribution < -0.4 is 5.73 Å². The molecule has 1 fully saturated rings. The van der Waals surface area contributed by atoms with Gasteiger partial charge < -0.3 is 5.73 Å². The van der Waals surface area contributed by atoms with Crippen molar-refractivity contribution in [3.05, 3.63) is 34.9 Å². The molecule has 0 bridgehead atoms. The van der Waals surface area contributed by atoms with E-state index in [0.29, 0.717) is 6.54 Å². The topological polar surface area (TPSA) is 29.3 Å². The fraction of sp³-hybridized carbons (Fsp3) is 0.625. The number of halogens is 1. The second-order valence-corrected chi connectivity index (χ2v) is 6.42. The summed E-state index contributed by atoms with van der Waals surface area (Å²) in [4.78, 5) is 2.55. The summed E-state index contributed by atoms with van der Waals surface area (Å²) in [5, 5.41) is 0.795. The molecule has 0 aromatic heterocycles. The van der Waals surface area contributed by atoms with Crippen molar-refractivity contribution in [3.8, 4) is 0 Å². The van der Waals surface area contributed by atoms with Crippen LogP contribution in [0.25, 0.3) is 0 Å². The fourth-order valence-corrected chi connectivity index (χ4v) is 2.82. The molecule has 0 spiro atoms. The molecule has 1 aliphatic carbocycles. The molecule has 2 N–H and O–H groups in total. The van der Waals surface area contributed by atoms with Gasteiger partial charge in [0, 0.05) is 23.7 Å². The fourth-order valence-electron chi connectivity index (χ4n) is 2.70. The zero-order valence-corrected chi connectivity index (χ0v) is 12.8. The minimum Gasteiger partial charge on any atom is -0.329 e. The Kier molecular flexibility index (Phi) is 4.88. The summed E-state index contributed by atoms with van der Waals surface area (Å²) in [5.41, 5.74) is 7.45. The molecule has 106 valence electrons. The van der Waals surface area contributed by atoms with E-state index in [9.17, 15) is 0 Å². The Hall–Kier alpha value is -0.570. The summed E-state index contributed by atoms with van der Waals surface area (Å²) in [6, 6.07) is 8.15. The molecule has 2 nitrogen and oxygen atoms in total. The van der Waals surface area contributed by atoms with E-state index in [0.717, 1.165) is 23.9 Å². The van der Waals surface area contributed by atoms with Gasteiger partial charge in [0.2, 0.25) is 0 Å². The Bertz CT molecular complexity index is 400. The first-order valence-electron chi connectivity index (χ1n) is 7.27. The molecule has 2 rings (SSSR count). The molecule has 1 aromatic rings. The highest BCUT2D eigenvalue weighted by Crippen LogP contribution is 2.32. The Morgan fingerprint density at radius 3 is 2.42 bits per heavy atom. The zero-order valence-electron chi connectivity index (χ0n) is 12.0. The highest BCUT2D eigenvalue weighted by atomic mass is 35.5. The summed E-state index contributed by atoms with van der Waals surface area (Å²) >= 11 is 5.95. The summed E-state index contributed by atoms with van der Waals surface area (Å²) in [6.07, 6.45) is 3.76. The van der Waals surface area contributed by atoms with Gasteiger partial charge in [-0.15, -0.1) is 0 Å². The molecular weight excluding hydrogens is 256 g/mol. The van der Waals surface area contributed by atoms with Gasteiger partial charge in [0.25, 0.3) is 0 Å². The molecule has 0 saturated heterocycles. The van der Waals surface area contributed by atoms with Crippen LogP contribution in [0.5, 0.6) is 0 Å². The average molecular weight is 281 g/mol. The molecule has 3 heteroatoms. The van der Waals surface area contributed by atoms with Crippen LogP contribution in [0.15, 0.2) is 24.3 Å². The van der Waals surface area contributed by atoms with Crippen LogP contribution in [-0.4, -0.2) is 30.1 Å². The van der Waals surface area contributed by atoms with Crippen molar-refractivity contribution in [1.29, 1.82) is 0 Å². The van der Waals surface area contributed by atoms with Crippen molar-refractivity contribution >= 4 is 11.6 Å². The molecule has 0 heterocycles. The van der Waals surface area contributed by atoms with Crippen molar-refractivity contribution in [2.24, 2.45) is 11.7 Å². The lowest BCUT2D eigenvalue weighted by Crippen LogP contribution is -2.53. The van der Waals surface area contributed by atoms with E-state index in [1.54, 1.807) is 0 Å². The number of nitrogens with two attached hydrogens (primary N) is 1. The van der Waals surface area contributed by atoms with Crippen LogP contribution in [0.2, 0.25) is 5.02 Å². The van der Waals surface area contributed by atoms with Crippen LogP contribution in [0.3, 0.4) is 0 Å². The van der Waals surface area contributed by atoms with Gasteiger partial charge in [-0.3, -0.25) is 4.90 Å². The Labute approximate surface area is 121 Å². The summed E-state index contributed by atoms with van der Waals surface area (Å²) in [6.45, 7) is 7.47. The largest absolute Gasteiger partial charge is 0.329 e. The van der Waals surface area contributed by atoms with Gasteiger partial charge in [-0.2, -0.15) is 0 Å². The van der Waals surface area contributed by atoms with E-state index in [1.165, 1.54) is 24.9 Å². The lowest BCUT2D eigenvalue weighted by molar-refractivity contribution is 0.111. The monoisotopic (exact) mass is 280 g/mol. The second kappa shape index (κ2) is 6.25. The van der Waals surface area contributed by atoms with E-state index < -0.39 is 0 Å². The Balaban J connectivity index is 2.08. The number of benzene rings is 1. The second-order valence-electron chi connectivity index (χ2n) is 5.99. The molecule has 1 aliphatic rings. The van der Waals surface area contributed by atoms with Crippen LogP contribution in [-0.2, 0) is 6.42 Å². The maximum Gasteiger partial charge on any atom is 0.0406 e. The minimum absolute atomic E-state index is 0.0468. The lowest BCUT2D eigenvalue weighted by atomic mass is 9.90. The predicted molar refractivity (Wildman–Crippen MR) is 82.6 cm³/mol. The number of likely N-dealkylation sites (N-methyl/N-ethyl adjacent to an activating group) is 1. The quantitative estimate of drug-likeness (QED) is 0.830. The Morgan fingerprint density at radius 2 is 1.95 bits per heavy atom. The SMILES string of the molecule is CCN(CC1CC1)C(C)(CN)Cc1ccc(Cl)cc1. The van der Waals surface area contributed by atoms with Gasteiger partial charge in [-0.25, -0.2) is 0 Å². The van der Waals surface area contributed by atoms with E-state index in [2.05, 4.69) is 30.9 Å². The highest BCUT2D eigenvalue weighted by Gasteiger charge is 2.34. The molecule has 1 atom stereocenters. The number of rotatable bonds is 7. The zero-order chi connectivity index (χ0) is 13.9. The molecule has 0 amide bonds. The maximum absolute atomic E-state index is 6.09. The van der Waals surface area contributed by atoms with Crippen molar-refractivity contribution in [3.63, 3.8) is 0 Å². The van der Waals surface area contributed by atoms with E-state index in [4.69, 9.17) is 17.3 Å². The maximum atomic E-state index is 6.09. The molecule has 19 heavy (non-hydrogen) atoms. The van der Waals surface area contributed by atoms with Crippen molar-refractivity contribution in [2.45, 2.75) is 38.6 Å². The molecule has 0 radical (unpaired) electrons. The van der Waals surface area contributed by atoms with Crippen molar-refractivity contribution in [2.75, 3.05) is 19.6 Å². The lowest BCUT2D eigenvalue weighted by Gasteiger charge is -2.40. The van der Waals surface area contributed by atoms with Gasteiger partial charge in [0.15, 0.2) is 0 Å². The van der Waals surface area contributed by atoms with E-state index in [1.807, 2.05) is 12.1 Å².